The predicted octanol–water partition coefficient (Wildman–Crippen LogP) is 6.63. The molecule has 0 radical (unpaired) electrons. The van der Waals surface area contributed by atoms with Gasteiger partial charge >= 0.3 is 0 Å². The normalized spacial score (nSPS) is 11.4. The number of carbonyl (C=O) groups excluding carboxylic acids is 1. The number of nitrogens with one attached hydrogen (secondary N) is 1. The van der Waals surface area contributed by atoms with E-state index in [1.807, 2.05) is 25.1 Å². The van der Waals surface area contributed by atoms with Crippen LogP contribution in [0.15, 0.2) is 55.1 Å². The van der Waals surface area contributed by atoms with E-state index in [2.05, 4.69) is 74.5 Å². The Morgan fingerprint density at radius 3 is 2.21 bits per heavy atom. The number of amides is 1. The third kappa shape index (κ3) is 3.75. The maximum absolute atomic E-state index is 13.2. The highest BCUT2D eigenvalue weighted by Crippen LogP contribution is 2.30. The van der Waals surface area contributed by atoms with Crippen LogP contribution in [0.5, 0.6) is 0 Å². The molecule has 0 spiro atoms. The number of aryl methyl sites for hydroxylation is 1. The van der Waals surface area contributed by atoms with Crippen molar-refractivity contribution in [2.45, 2.75) is 53.0 Å². The molecule has 0 aliphatic carbocycles. The lowest BCUT2D eigenvalue weighted by Gasteiger charge is -2.11. The van der Waals surface area contributed by atoms with E-state index in [-0.39, 0.29) is 5.91 Å². The zero-order valence-electron chi connectivity index (χ0n) is 17.5. The van der Waals surface area contributed by atoms with Gasteiger partial charge in [-0.05, 0) is 59.7 Å². The smallest absolute Gasteiger partial charge is 0.272 e. The molecule has 3 heteroatoms. The van der Waals surface area contributed by atoms with Gasteiger partial charge in [0.05, 0.1) is 0 Å². The van der Waals surface area contributed by atoms with Crippen molar-refractivity contribution in [1.82, 2.24) is 4.57 Å². The molecule has 0 bridgehead atoms. The minimum atomic E-state index is -0.0843. The van der Waals surface area contributed by atoms with Gasteiger partial charge in [0.1, 0.15) is 5.69 Å². The zero-order valence-corrected chi connectivity index (χ0v) is 17.5. The van der Waals surface area contributed by atoms with Gasteiger partial charge in [-0.1, -0.05) is 52.0 Å². The Morgan fingerprint density at radius 1 is 1.04 bits per heavy atom. The molecule has 0 saturated carbocycles. The second kappa shape index (κ2) is 8.05. The van der Waals surface area contributed by atoms with Crippen molar-refractivity contribution in [3.63, 3.8) is 0 Å². The van der Waals surface area contributed by atoms with Crippen LogP contribution >= 0.6 is 0 Å². The summed E-state index contributed by atoms with van der Waals surface area (Å²) in [5.41, 5.74) is 6.13. The first-order chi connectivity index (χ1) is 13.3. The molecule has 28 heavy (non-hydrogen) atoms. The molecule has 3 nitrogen and oxygen atoms in total. The summed E-state index contributed by atoms with van der Waals surface area (Å²) in [6, 6.07) is 14.6. The topological polar surface area (TPSA) is 34.0 Å². The molecule has 0 saturated heterocycles. The van der Waals surface area contributed by atoms with Gasteiger partial charge in [0.15, 0.2) is 0 Å². The number of rotatable bonds is 6. The minimum absolute atomic E-state index is 0.0843. The Morgan fingerprint density at radius 2 is 1.64 bits per heavy atom. The molecule has 0 aliphatic heterocycles. The fourth-order valence-electron chi connectivity index (χ4n) is 3.65. The second-order valence-corrected chi connectivity index (χ2v) is 8.04. The number of nitrogens with zero attached hydrogens (tertiary/aromatic N) is 1. The highest BCUT2D eigenvalue weighted by Gasteiger charge is 2.20. The Balaban J connectivity index is 2.02. The summed E-state index contributed by atoms with van der Waals surface area (Å²) in [5, 5.41) is 4.20. The fourth-order valence-corrected chi connectivity index (χ4v) is 3.65. The van der Waals surface area contributed by atoms with Crippen LogP contribution in [0.25, 0.3) is 10.9 Å². The molecule has 1 heterocycles. The first kappa shape index (κ1) is 19.9. The average molecular weight is 375 g/mol. The van der Waals surface area contributed by atoms with Gasteiger partial charge in [-0.25, -0.2) is 0 Å². The summed E-state index contributed by atoms with van der Waals surface area (Å²) < 4.78 is 2.06. The molecule has 0 fully saturated rings. The molecule has 1 amide bonds. The molecule has 3 rings (SSSR count). The lowest BCUT2D eigenvalue weighted by Crippen LogP contribution is -2.18. The number of anilines is 1. The van der Waals surface area contributed by atoms with Gasteiger partial charge in [-0.3, -0.25) is 4.79 Å². The van der Waals surface area contributed by atoms with E-state index >= 15 is 0 Å². The van der Waals surface area contributed by atoms with E-state index in [1.165, 1.54) is 11.1 Å². The van der Waals surface area contributed by atoms with E-state index in [0.717, 1.165) is 22.2 Å². The van der Waals surface area contributed by atoms with Crippen LogP contribution in [0.1, 0.15) is 66.7 Å². The Bertz CT molecular complexity index is 1010. The number of benzene rings is 2. The molecule has 2 aromatic carbocycles. The second-order valence-electron chi connectivity index (χ2n) is 8.04. The largest absolute Gasteiger partial charge is 0.332 e. The Labute approximate surface area is 168 Å². The van der Waals surface area contributed by atoms with Gasteiger partial charge in [0, 0.05) is 23.1 Å². The fraction of sp³-hybridized carbons (Fsp3) is 0.320. The van der Waals surface area contributed by atoms with E-state index in [9.17, 15) is 4.79 Å². The zero-order chi connectivity index (χ0) is 20.4. The standard InChI is InChI=1S/C25H30N2O/c1-7-14-27-23-13-10-20(17(4)5)15-22(23)18(6)24(27)25(28)26-21-11-8-19(9-12-21)16(2)3/h7-13,15-17H,1,14H2,2-6H3,(H,26,28). The lowest BCUT2D eigenvalue weighted by molar-refractivity contribution is 0.101. The number of hydrogen-bond donors (Lipinski definition) is 1. The van der Waals surface area contributed by atoms with Crippen LogP contribution in [0.3, 0.4) is 0 Å². The van der Waals surface area contributed by atoms with Crippen molar-refractivity contribution in [1.29, 1.82) is 0 Å². The molecule has 0 atom stereocenters. The van der Waals surface area contributed by atoms with Crippen LogP contribution in [0.4, 0.5) is 5.69 Å². The quantitative estimate of drug-likeness (QED) is 0.482. The summed E-state index contributed by atoms with van der Waals surface area (Å²) in [5.74, 6) is 0.833. The molecule has 0 unspecified atom stereocenters. The number of hydrogen-bond acceptors (Lipinski definition) is 1. The van der Waals surface area contributed by atoms with Crippen molar-refractivity contribution in [3.8, 4) is 0 Å². The van der Waals surface area contributed by atoms with E-state index in [0.29, 0.717) is 24.1 Å². The first-order valence-corrected chi connectivity index (χ1v) is 9.98. The molecule has 146 valence electrons. The molecule has 1 N–H and O–H groups in total. The number of allylic oxidation sites excluding steroid dienone is 1. The monoisotopic (exact) mass is 374 g/mol. The van der Waals surface area contributed by atoms with Crippen molar-refractivity contribution in [3.05, 3.63) is 77.5 Å². The third-order valence-corrected chi connectivity index (χ3v) is 5.37. The summed E-state index contributed by atoms with van der Waals surface area (Å²) in [6.45, 7) is 15.2. The van der Waals surface area contributed by atoms with Crippen LogP contribution in [0, 0.1) is 6.92 Å². The minimum Gasteiger partial charge on any atom is -0.332 e. The van der Waals surface area contributed by atoms with Gasteiger partial charge in [-0.15, -0.1) is 6.58 Å². The molecule has 0 aliphatic rings. The van der Waals surface area contributed by atoms with Gasteiger partial charge in [-0.2, -0.15) is 0 Å². The first-order valence-electron chi connectivity index (χ1n) is 9.98. The van der Waals surface area contributed by atoms with Crippen molar-refractivity contribution in [2.75, 3.05) is 5.32 Å². The number of aromatic nitrogens is 1. The highest BCUT2D eigenvalue weighted by molar-refractivity contribution is 6.08. The van der Waals surface area contributed by atoms with Crippen LogP contribution < -0.4 is 5.32 Å². The summed E-state index contributed by atoms with van der Waals surface area (Å²) in [4.78, 5) is 13.2. The SMILES string of the molecule is C=CCn1c(C(=O)Nc2ccc(C(C)C)cc2)c(C)c2cc(C(C)C)ccc21. The van der Waals surface area contributed by atoms with Gasteiger partial charge in [0.2, 0.25) is 0 Å². The molecule has 3 aromatic rings. The van der Waals surface area contributed by atoms with Crippen molar-refractivity contribution >= 4 is 22.5 Å². The van der Waals surface area contributed by atoms with Crippen LogP contribution in [-0.2, 0) is 6.54 Å². The summed E-state index contributed by atoms with van der Waals surface area (Å²) in [6.07, 6.45) is 1.84. The van der Waals surface area contributed by atoms with Crippen LogP contribution in [-0.4, -0.2) is 10.5 Å². The molecule has 1 aromatic heterocycles. The highest BCUT2D eigenvalue weighted by atomic mass is 16.2. The maximum Gasteiger partial charge on any atom is 0.272 e. The van der Waals surface area contributed by atoms with E-state index in [1.54, 1.807) is 0 Å². The van der Waals surface area contributed by atoms with Gasteiger partial charge < -0.3 is 9.88 Å². The average Bonchev–Trinajstić information content (AvgIpc) is 2.94. The van der Waals surface area contributed by atoms with Crippen molar-refractivity contribution in [2.24, 2.45) is 0 Å². The predicted molar refractivity (Wildman–Crippen MR) is 119 cm³/mol. The van der Waals surface area contributed by atoms with E-state index < -0.39 is 0 Å². The number of fused-ring (bicyclic) bond motifs is 1. The summed E-state index contributed by atoms with van der Waals surface area (Å²) in [7, 11) is 0. The Kier molecular flexibility index (Phi) is 5.73. The lowest BCUT2D eigenvalue weighted by atomic mass is 10.0. The third-order valence-electron chi connectivity index (χ3n) is 5.37. The Hall–Kier alpha value is -2.81. The maximum atomic E-state index is 13.2. The molecular weight excluding hydrogens is 344 g/mol. The molecular formula is C25H30N2O. The van der Waals surface area contributed by atoms with E-state index in [4.69, 9.17) is 0 Å². The van der Waals surface area contributed by atoms with Crippen LogP contribution in [0.2, 0.25) is 0 Å². The summed E-state index contributed by atoms with van der Waals surface area (Å²) >= 11 is 0. The number of carbonyl (C=O) groups is 1. The van der Waals surface area contributed by atoms with Crippen molar-refractivity contribution < 1.29 is 4.79 Å². The van der Waals surface area contributed by atoms with Gasteiger partial charge in [0.25, 0.3) is 5.91 Å².